The molecule has 0 saturated heterocycles. The Kier molecular flexibility index (Phi) is 6.44. The van der Waals surface area contributed by atoms with Gasteiger partial charge in [0, 0.05) is 32.6 Å². The van der Waals surface area contributed by atoms with E-state index in [1.54, 1.807) is 0 Å². The second-order valence-electron chi connectivity index (χ2n) is 4.42. The smallest absolute Gasteiger partial charge is 0.223 e. The lowest BCUT2D eigenvalue weighted by atomic mass is 10.1. The molecule has 1 aromatic rings. The highest BCUT2D eigenvalue weighted by molar-refractivity contribution is 5.76. The van der Waals surface area contributed by atoms with Gasteiger partial charge in [-0.25, -0.2) is 0 Å². The molecule has 1 amide bonds. The molecule has 0 bridgehead atoms. The summed E-state index contributed by atoms with van der Waals surface area (Å²) in [7, 11) is 0. The molecule has 3 nitrogen and oxygen atoms in total. The third-order valence-electron chi connectivity index (χ3n) is 3.21. The number of benzene rings is 1. The van der Waals surface area contributed by atoms with Crippen molar-refractivity contribution in [1.29, 1.82) is 0 Å². The molecular weight excluding hydrogens is 224 g/mol. The summed E-state index contributed by atoms with van der Waals surface area (Å²) < 4.78 is 0. The quantitative estimate of drug-likeness (QED) is 0.751. The van der Waals surface area contributed by atoms with E-state index in [-0.39, 0.29) is 5.91 Å². The van der Waals surface area contributed by atoms with Crippen LogP contribution in [0, 0.1) is 6.92 Å². The van der Waals surface area contributed by atoms with Crippen molar-refractivity contribution in [3.05, 3.63) is 35.4 Å². The largest absolute Gasteiger partial charge is 0.343 e. The molecule has 0 saturated carbocycles. The minimum atomic E-state index is 0.234. The van der Waals surface area contributed by atoms with E-state index in [1.807, 2.05) is 30.9 Å². The van der Waals surface area contributed by atoms with Gasteiger partial charge < -0.3 is 10.2 Å². The van der Waals surface area contributed by atoms with Gasteiger partial charge in [0.25, 0.3) is 0 Å². The maximum atomic E-state index is 11.8. The monoisotopic (exact) mass is 248 g/mol. The summed E-state index contributed by atoms with van der Waals surface area (Å²) in [4.78, 5) is 13.6. The Morgan fingerprint density at radius 3 is 2.50 bits per heavy atom. The number of nitrogens with zero attached hydrogens (tertiary/aromatic N) is 1. The van der Waals surface area contributed by atoms with Crippen LogP contribution < -0.4 is 5.32 Å². The van der Waals surface area contributed by atoms with Crippen LogP contribution in [0.4, 0.5) is 0 Å². The Balaban J connectivity index is 2.27. The SMILES string of the molecule is CCN(CC)C(=O)CCNCc1ccccc1C. The molecule has 0 aliphatic carbocycles. The first kappa shape index (κ1) is 14.7. The zero-order chi connectivity index (χ0) is 13.4. The van der Waals surface area contributed by atoms with Crippen molar-refractivity contribution in [2.45, 2.75) is 33.7 Å². The average molecular weight is 248 g/mol. The Labute approximate surface area is 110 Å². The number of nitrogens with one attached hydrogen (secondary N) is 1. The van der Waals surface area contributed by atoms with Crippen LogP contribution >= 0.6 is 0 Å². The number of hydrogen-bond donors (Lipinski definition) is 1. The summed E-state index contributed by atoms with van der Waals surface area (Å²) in [6, 6.07) is 8.32. The zero-order valence-electron chi connectivity index (χ0n) is 11.7. The first-order valence-electron chi connectivity index (χ1n) is 6.72. The number of rotatable bonds is 7. The fourth-order valence-corrected chi connectivity index (χ4v) is 1.96. The molecule has 0 heterocycles. The second-order valence-corrected chi connectivity index (χ2v) is 4.42. The molecule has 0 atom stereocenters. The molecule has 100 valence electrons. The van der Waals surface area contributed by atoms with Crippen molar-refractivity contribution in [2.24, 2.45) is 0 Å². The minimum absolute atomic E-state index is 0.234. The number of carbonyl (C=O) groups excluding carboxylic acids is 1. The number of aryl methyl sites for hydroxylation is 1. The lowest BCUT2D eigenvalue weighted by Crippen LogP contribution is -2.32. The van der Waals surface area contributed by atoms with Crippen LogP contribution in [0.3, 0.4) is 0 Å². The van der Waals surface area contributed by atoms with Gasteiger partial charge in [0.1, 0.15) is 0 Å². The predicted molar refractivity (Wildman–Crippen MR) is 75.4 cm³/mol. The highest BCUT2D eigenvalue weighted by atomic mass is 16.2. The third-order valence-corrected chi connectivity index (χ3v) is 3.21. The van der Waals surface area contributed by atoms with Crippen LogP contribution in [0.5, 0.6) is 0 Å². The number of amides is 1. The van der Waals surface area contributed by atoms with E-state index < -0.39 is 0 Å². The maximum absolute atomic E-state index is 11.8. The maximum Gasteiger partial charge on any atom is 0.223 e. The Morgan fingerprint density at radius 1 is 1.22 bits per heavy atom. The van der Waals surface area contributed by atoms with Gasteiger partial charge in [-0.15, -0.1) is 0 Å². The average Bonchev–Trinajstić information content (AvgIpc) is 2.38. The topological polar surface area (TPSA) is 32.3 Å². The molecule has 0 unspecified atom stereocenters. The first-order valence-corrected chi connectivity index (χ1v) is 6.72. The molecule has 0 spiro atoms. The number of carbonyl (C=O) groups is 1. The molecule has 0 radical (unpaired) electrons. The lowest BCUT2D eigenvalue weighted by molar-refractivity contribution is -0.130. The van der Waals surface area contributed by atoms with Crippen LogP contribution in [0.2, 0.25) is 0 Å². The fourth-order valence-electron chi connectivity index (χ4n) is 1.96. The highest BCUT2D eigenvalue weighted by Crippen LogP contribution is 2.06. The first-order chi connectivity index (χ1) is 8.69. The van der Waals surface area contributed by atoms with E-state index in [0.29, 0.717) is 6.42 Å². The second kappa shape index (κ2) is 7.88. The molecular formula is C15H24N2O. The lowest BCUT2D eigenvalue weighted by Gasteiger charge is -2.18. The van der Waals surface area contributed by atoms with Gasteiger partial charge >= 0.3 is 0 Å². The van der Waals surface area contributed by atoms with Gasteiger partial charge in [-0.1, -0.05) is 24.3 Å². The van der Waals surface area contributed by atoms with Crippen molar-refractivity contribution in [3.63, 3.8) is 0 Å². The Morgan fingerprint density at radius 2 is 1.89 bits per heavy atom. The highest BCUT2D eigenvalue weighted by Gasteiger charge is 2.08. The minimum Gasteiger partial charge on any atom is -0.343 e. The molecule has 1 N–H and O–H groups in total. The summed E-state index contributed by atoms with van der Waals surface area (Å²) in [5, 5.41) is 3.33. The molecule has 18 heavy (non-hydrogen) atoms. The third kappa shape index (κ3) is 4.49. The summed E-state index contributed by atoms with van der Waals surface area (Å²) >= 11 is 0. The molecule has 1 rings (SSSR count). The molecule has 0 fully saturated rings. The zero-order valence-corrected chi connectivity index (χ0v) is 11.7. The van der Waals surface area contributed by atoms with Crippen molar-refractivity contribution >= 4 is 5.91 Å². The number of hydrogen-bond acceptors (Lipinski definition) is 2. The van der Waals surface area contributed by atoms with Gasteiger partial charge in [0.15, 0.2) is 0 Å². The van der Waals surface area contributed by atoms with Crippen LogP contribution in [-0.4, -0.2) is 30.4 Å². The van der Waals surface area contributed by atoms with Gasteiger partial charge in [0.2, 0.25) is 5.91 Å². The Hall–Kier alpha value is -1.35. The summed E-state index contributed by atoms with van der Waals surface area (Å²) in [6.07, 6.45) is 0.577. The van der Waals surface area contributed by atoms with Crippen LogP contribution in [0.1, 0.15) is 31.4 Å². The molecule has 3 heteroatoms. The van der Waals surface area contributed by atoms with Gasteiger partial charge in [-0.3, -0.25) is 4.79 Å². The standard InChI is InChI=1S/C15H24N2O/c1-4-17(5-2)15(18)10-11-16-12-14-9-7-6-8-13(14)3/h6-9,16H,4-5,10-12H2,1-3H3. The van der Waals surface area contributed by atoms with Crippen molar-refractivity contribution in [2.75, 3.05) is 19.6 Å². The normalized spacial score (nSPS) is 10.4. The summed E-state index contributed by atoms with van der Waals surface area (Å²) in [5.41, 5.74) is 2.59. The van der Waals surface area contributed by atoms with Crippen LogP contribution in [0.25, 0.3) is 0 Å². The van der Waals surface area contributed by atoms with Crippen LogP contribution in [0.15, 0.2) is 24.3 Å². The van der Waals surface area contributed by atoms with Gasteiger partial charge in [-0.2, -0.15) is 0 Å². The van der Waals surface area contributed by atoms with E-state index in [4.69, 9.17) is 0 Å². The molecule has 0 aliphatic rings. The van der Waals surface area contributed by atoms with E-state index in [2.05, 4.69) is 24.4 Å². The van der Waals surface area contributed by atoms with Crippen LogP contribution in [-0.2, 0) is 11.3 Å². The van der Waals surface area contributed by atoms with E-state index >= 15 is 0 Å². The van der Waals surface area contributed by atoms with E-state index in [0.717, 1.165) is 26.2 Å². The molecule has 0 aliphatic heterocycles. The summed E-state index contributed by atoms with van der Waals surface area (Å²) in [5.74, 6) is 0.234. The fraction of sp³-hybridized carbons (Fsp3) is 0.533. The molecule has 0 aromatic heterocycles. The van der Waals surface area contributed by atoms with Gasteiger partial charge in [-0.05, 0) is 31.9 Å². The van der Waals surface area contributed by atoms with Gasteiger partial charge in [0.05, 0.1) is 0 Å². The van der Waals surface area contributed by atoms with Crippen molar-refractivity contribution < 1.29 is 4.79 Å². The Bertz CT molecular complexity index is 373. The van der Waals surface area contributed by atoms with E-state index in [9.17, 15) is 4.79 Å². The van der Waals surface area contributed by atoms with Crippen molar-refractivity contribution in [3.8, 4) is 0 Å². The van der Waals surface area contributed by atoms with E-state index in [1.165, 1.54) is 11.1 Å². The summed E-state index contributed by atoms with van der Waals surface area (Å²) in [6.45, 7) is 9.31. The molecule has 1 aromatic carbocycles. The van der Waals surface area contributed by atoms with Crippen molar-refractivity contribution in [1.82, 2.24) is 10.2 Å². The predicted octanol–water partition coefficient (Wildman–Crippen LogP) is 2.34.